The van der Waals surface area contributed by atoms with Crippen molar-refractivity contribution in [2.75, 3.05) is 11.9 Å². The minimum Gasteiger partial charge on any atom is -0.480 e. The third kappa shape index (κ3) is 2.93. The number of pyridine rings is 1. The molecule has 2 N–H and O–H groups in total. The lowest BCUT2D eigenvalue weighted by Gasteiger charge is -2.21. The third-order valence-corrected chi connectivity index (χ3v) is 3.11. The van der Waals surface area contributed by atoms with E-state index < -0.39 is 12.0 Å². The Hall–Kier alpha value is -2.44. The van der Waals surface area contributed by atoms with Crippen LogP contribution in [-0.2, 0) is 9.59 Å². The van der Waals surface area contributed by atoms with Crippen molar-refractivity contribution in [2.24, 2.45) is 0 Å². The summed E-state index contributed by atoms with van der Waals surface area (Å²) in [6.45, 7) is 1.77. The van der Waals surface area contributed by atoms with Crippen LogP contribution in [0.1, 0.15) is 30.1 Å². The molecule has 0 spiro atoms. The lowest BCUT2D eigenvalue weighted by atomic mass is 10.2. The van der Waals surface area contributed by atoms with E-state index in [4.69, 9.17) is 5.11 Å². The summed E-state index contributed by atoms with van der Waals surface area (Å²) in [6, 6.07) is 2.17. The predicted molar refractivity (Wildman–Crippen MR) is 70.2 cm³/mol. The lowest BCUT2D eigenvalue weighted by Crippen LogP contribution is -2.40. The molecule has 2 amide bonds. The van der Waals surface area contributed by atoms with Crippen molar-refractivity contribution in [3.05, 3.63) is 23.9 Å². The third-order valence-electron chi connectivity index (χ3n) is 3.11. The fourth-order valence-electron chi connectivity index (χ4n) is 2.24. The highest BCUT2D eigenvalue weighted by Gasteiger charge is 2.34. The summed E-state index contributed by atoms with van der Waals surface area (Å²) in [6.07, 6.45) is 2.54. The van der Waals surface area contributed by atoms with Gasteiger partial charge >= 0.3 is 5.97 Å². The first-order valence-electron chi connectivity index (χ1n) is 6.26. The van der Waals surface area contributed by atoms with Gasteiger partial charge in [0.05, 0.1) is 0 Å². The molecule has 2 rings (SSSR count). The average Bonchev–Trinajstić information content (AvgIpc) is 2.86. The summed E-state index contributed by atoms with van der Waals surface area (Å²) in [7, 11) is 0. The summed E-state index contributed by atoms with van der Waals surface area (Å²) in [4.78, 5) is 39.7. The summed E-state index contributed by atoms with van der Waals surface area (Å²) >= 11 is 0. The maximum atomic E-state index is 12.3. The van der Waals surface area contributed by atoms with E-state index in [1.807, 2.05) is 0 Å². The number of carbonyl (C=O) groups excluding carboxylic acids is 2. The number of nitrogens with one attached hydrogen (secondary N) is 1. The molecule has 1 aromatic rings. The van der Waals surface area contributed by atoms with Crippen LogP contribution in [0.25, 0.3) is 0 Å². The van der Waals surface area contributed by atoms with Gasteiger partial charge in [0.15, 0.2) is 0 Å². The van der Waals surface area contributed by atoms with Gasteiger partial charge in [-0.25, -0.2) is 9.78 Å². The number of hydrogen-bond acceptors (Lipinski definition) is 4. The molecule has 1 unspecified atom stereocenters. The topological polar surface area (TPSA) is 99.6 Å². The molecule has 0 saturated carbocycles. The number of rotatable bonds is 3. The highest BCUT2D eigenvalue weighted by molar-refractivity contribution is 5.98. The molecule has 1 atom stereocenters. The fourth-order valence-corrected chi connectivity index (χ4v) is 2.24. The standard InChI is InChI=1S/C13H15N3O4/c1-8(17)15-11-7-9(4-5-14-11)12(18)16-6-2-3-10(16)13(19)20/h4-5,7,10H,2-3,6H2,1H3,(H,19,20)(H,14,15,17). The SMILES string of the molecule is CC(=O)Nc1cc(C(=O)N2CCCC2C(=O)O)ccn1. The molecule has 7 heteroatoms. The molecule has 1 saturated heterocycles. The largest absolute Gasteiger partial charge is 0.480 e. The Morgan fingerprint density at radius 1 is 1.45 bits per heavy atom. The maximum Gasteiger partial charge on any atom is 0.326 e. The summed E-state index contributed by atoms with van der Waals surface area (Å²) in [5, 5.41) is 11.6. The van der Waals surface area contributed by atoms with Gasteiger partial charge in [0.1, 0.15) is 11.9 Å². The Bertz CT molecular complexity index is 558. The Morgan fingerprint density at radius 2 is 2.20 bits per heavy atom. The molecule has 1 aromatic heterocycles. The van der Waals surface area contributed by atoms with Crippen molar-refractivity contribution >= 4 is 23.6 Å². The second kappa shape index (κ2) is 5.68. The van der Waals surface area contributed by atoms with Crippen molar-refractivity contribution in [3.63, 3.8) is 0 Å². The van der Waals surface area contributed by atoms with Gasteiger partial charge in [-0.05, 0) is 25.0 Å². The summed E-state index contributed by atoms with van der Waals surface area (Å²) in [5.74, 6) is -1.36. The average molecular weight is 277 g/mol. The molecular weight excluding hydrogens is 262 g/mol. The van der Waals surface area contributed by atoms with Gasteiger partial charge in [0, 0.05) is 25.2 Å². The summed E-state index contributed by atoms with van der Waals surface area (Å²) < 4.78 is 0. The Kier molecular flexibility index (Phi) is 3.97. The fraction of sp³-hybridized carbons (Fsp3) is 0.385. The van der Waals surface area contributed by atoms with Crippen LogP contribution in [0.2, 0.25) is 0 Å². The Balaban J connectivity index is 2.20. The van der Waals surface area contributed by atoms with Gasteiger partial charge in [-0.3, -0.25) is 9.59 Å². The lowest BCUT2D eigenvalue weighted by molar-refractivity contribution is -0.141. The minimum absolute atomic E-state index is 0.273. The van der Waals surface area contributed by atoms with E-state index in [9.17, 15) is 14.4 Å². The number of likely N-dealkylation sites (tertiary alicyclic amines) is 1. The van der Waals surface area contributed by atoms with E-state index in [1.54, 1.807) is 0 Å². The van der Waals surface area contributed by atoms with Crippen LogP contribution in [0.3, 0.4) is 0 Å². The van der Waals surface area contributed by atoms with Crippen LogP contribution in [0.4, 0.5) is 5.82 Å². The number of nitrogens with zero attached hydrogens (tertiary/aromatic N) is 2. The number of carbonyl (C=O) groups is 3. The number of carboxylic acids is 1. The van der Waals surface area contributed by atoms with Gasteiger partial charge in [-0.1, -0.05) is 0 Å². The maximum absolute atomic E-state index is 12.3. The van der Waals surface area contributed by atoms with Crippen molar-refractivity contribution in [2.45, 2.75) is 25.8 Å². The van der Waals surface area contributed by atoms with Crippen molar-refractivity contribution in [1.29, 1.82) is 0 Å². The zero-order valence-corrected chi connectivity index (χ0v) is 11.0. The molecule has 106 valence electrons. The number of hydrogen-bond donors (Lipinski definition) is 2. The molecular formula is C13H15N3O4. The number of aromatic nitrogens is 1. The van der Waals surface area contributed by atoms with Gasteiger partial charge in [-0.2, -0.15) is 0 Å². The van der Waals surface area contributed by atoms with Crippen LogP contribution in [0.15, 0.2) is 18.3 Å². The van der Waals surface area contributed by atoms with E-state index in [0.717, 1.165) is 0 Å². The number of carboxylic acid groups (broad SMARTS) is 1. The van der Waals surface area contributed by atoms with Crippen molar-refractivity contribution in [3.8, 4) is 0 Å². The molecule has 0 radical (unpaired) electrons. The predicted octanol–water partition coefficient (Wildman–Crippen LogP) is 0.729. The first-order chi connectivity index (χ1) is 9.49. The molecule has 1 aliphatic rings. The number of aliphatic carboxylic acids is 1. The van der Waals surface area contributed by atoms with Gasteiger partial charge in [-0.15, -0.1) is 0 Å². The first-order valence-corrected chi connectivity index (χ1v) is 6.26. The second-order valence-corrected chi connectivity index (χ2v) is 4.61. The molecule has 7 nitrogen and oxygen atoms in total. The van der Waals surface area contributed by atoms with E-state index in [0.29, 0.717) is 24.9 Å². The molecule has 0 aliphatic carbocycles. The van der Waals surface area contributed by atoms with Gasteiger partial charge < -0.3 is 15.3 Å². The zero-order chi connectivity index (χ0) is 14.7. The monoisotopic (exact) mass is 277 g/mol. The zero-order valence-electron chi connectivity index (χ0n) is 11.0. The molecule has 2 heterocycles. The van der Waals surface area contributed by atoms with Crippen LogP contribution >= 0.6 is 0 Å². The molecule has 0 aromatic carbocycles. The molecule has 0 bridgehead atoms. The van der Waals surface area contributed by atoms with Crippen LogP contribution in [0, 0.1) is 0 Å². The first kappa shape index (κ1) is 14.0. The smallest absolute Gasteiger partial charge is 0.326 e. The summed E-state index contributed by atoms with van der Waals surface area (Å²) in [5.41, 5.74) is 0.317. The van der Waals surface area contributed by atoms with E-state index in [1.165, 1.54) is 30.2 Å². The molecule has 1 fully saturated rings. The highest BCUT2D eigenvalue weighted by Crippen LogP contribution is 2.21. The van der Waals surface area contributed by atoms with E-state index in [-0.39, 0.29) is 17.6 Å². The second-order valence-electron chi connectivity index (χ2n) is 4.61. The van der Waals surface area contributed by atoms with E-state index >= 15 is 0 Å². The quantitative estimate of drug-likeness (QED) is 0.848. The van der Waals surface area contributed by atoms with Crippen LogP contribution < -0.4 is 5.32 Å². The Labute approximate surface area is 115 Å². The van der Waals surface area contributed by atoms with Crippen LogP contribution in [0.5, 0.6) is 0 Å². The number of amides is 2. The highest BCUT2D eigenvalue weighted by atomic mass is 16.4. The van der Waals surface area contributed by atoms with E-state index in [2.05, 4.69) is 10.3 Å². The molecule has 1 aliphatic heterocycles. The van der Waals surface area contributed by atoms with Crippen molar-refractivity contribution < 1.29 is 19.5 Å². The van der Waals surface area contributed by atoms with Gasteiger partial charge in [0.2, 0.25) is 5.91 Å². The van der Waals surface area contributed by atoms with Gasteiger partial charge in [0.25, 0.3) is 5.91 Å². The minimum atomic E-state index is -0.994. The number of anilines is 1. The van der Waals surface area contributed by atoms with Crippen molar-refractivity contribution in [1.82, 2.24) is 9.88 Å². The normalized spacial score (nSPS) is 17.9. The molecule has 20 heavy (non-hydrogen) atoms. The van der Waals surface area contributed by atoms with Crippen LogP contribution in [-0.4, -0.2) is 45.4 Å². The Morgan fingerprint density at radius 3 is 2.85 bits per heavy atom.